The molecular formula is C17H22N2OS. The van der Waals surface area contributed by atoms with Crippen LogP contribution >= 0.6 is 11.3 Å². The summed E-state index contributed by atoms with van der Waals surface area (Å²) in [4.78, 5) is 4.62. The number of hydrogen-bond acceptors (Lipinski definition) is 4. The van der Waals surface area contributed by atoms with Gasteiger partial charge in [-0.3, -0.25) is 0 Å². The number of nitrogens with two attached hydrogens (primary N) is 1. The first-order chi connectivity index (χ1) is 10.3. The maximum atomic E-state index is 5.94. The molecule has 0 amide bonds. The summed E-state index contributed by atoms with van der Waals surface area (Å²) in [6.07, 6.45) is 6.41. The van der Waals surface area contributed by atoms with Crippen molar-refractivity contribution >= 4 is 11.3 Å². The van der Waals surface area contributed by atoms with Crippen molar-refractivity contribution in [3.63, 3.8) is 0 Å². The van der Waals surface area contributed by atoms with Gasteiger partial charge in [-0.2, -0.15) is 0 Å². The summed E-state index contributed by atoms with van der Waals surface area (Å²) in [5.41, 5.74) is 9.07. The Morgan fingerprint density at radius 2 is 1.95 bits per heavy atom. The van der Waals surface area contributed by atoms with Crippen LogP contribution in [0.15, 0.2) is 29.6 Å². The molecule has 0 radical (unpaired) electrons. The topological polar surface area (TPSA) is 48.1 Å². The Labute approximate surface area is 130 Å². The predicted octanol–water partition coefficient (Wildman–Crippen LogP) is 3.77. The maximum Gasteiger partial charge on any atom is 0.123 e. The Hall–Kier alpha value is -1.23. The van der Waals surface area contributed by atoms with Crippen LogP contribution in [0.25, 0.3) is 10.6 Å². The van der Waals surface area contributed by atoms with Crippen molar-refractivity contribution in [1.29, 1.82) is 0 Å². The van der Waals surface area contributed by atoms with E-state index in [4.69, 9.17) is 10.5 Å². The summed E-state index contributed by atoms with van der Waals surface area (Å²) in [6, 6.07) is 8.57. The molecular weight excluding hydrogens is 280 g/mol. The van der Waals surface area contributed by atoms with E-state index in [1.165, 1.54) is 36.8 Å². The smallest absolute Gasteiger partial charge is 0.123 e. The minimum absolute atomic E-state index is 0.475. The van der Waals surface area contributed by atoms with Gasteiger partial charge in [0.25, 0.3) is 0 Å². The molecule has 1 aliphatic rings. The van der Waals surface area contributed by atoms with Gasteiger partial charge in [0.1, 0.15) is 5.01 Å². The van der Waals surface area contributed by atoms with Crippen molar-refractivity contribution in [3.05, 3.63) is 40.9 Å². The zero-order chi connectivity index (χ0) is 14.5. The van der Waals surface area contributed by atoms with E-state index in [1.54, 1.807) is 11.3 Å². The summed E-state index contributed by atoms with van der Waals surface area (Å²) in [5.74, 6) is 0. The molecule has 2 N–H and O–H groups in total. The largest absolute Gasteiger partial charge is 0.374 e. The number of benzene rings is 1. The van der Waals surface area contributed by atoms with Crippen LogP contribution < -0.4 is 5.73 Å². The second-order valence-electron chi connectivity index (χ2n) is 5.60. The molecule has 112 valence electrons. The van der Waals surface area contributed by atoms with Crippen LogP contribution in [0, 0.1) is 0 Å². The van der Waals surface area contributed by atoms with Gasteiger partial charge in [0, 0.05) is 17.4 Å². The van der Waals surface area contributed by atoms with Gasteiger partial charge in [-0.05, 0) is 24.9 Å². The Kier molecular flexibility index (Phi) is 5.01. The molecule has 2 aromatic rings. The minimum Gasteiger partial charge on any atom is -0.374 e. The second-order valence-corrected chi connectivity index (χ2v) is 6.46. The fraction of sp³-hybridized carbons (Fsp3) is 0.471. The molecule has 4 heteroatoms. The molecule has 1 heterocycles. The van der Waals surface area contributed by atoms with Crippen LogP contribution in [0.3, 0.4) is 0 Å². The van der Waals surface area contributed by atoms with Crippen molar-refractivity contribution in [2.24, 2.45) is 5.73 Å². The average molecular weight is 302 g/mol. The van der Waals surface area contributed by atoms with Gasteiger partial charge in [-0.1, -0.05) is 37.1 Å². The van der Waals surface area contributed by atoms with Crippen LogP contribution in [0.4, 0.5) is 0 Å². The number of hydrogen-bond donors (Lipinski definition) is 1. The number of nitrogens with zero attached hydrogens (tertiary/aromatic N) is 1. The molecule has 3 rings (SSSR count). The molecule has 3 nitrogen and oxygen atoms in total. The molecule has 0 unspecified atom stereocenters. The number of ether oxygens (including phenoxy) is 1. The first kappa shape index (κ1) is 14.7. The SMILES string of the molecule is NCCc1csc(-c2ccc(COC3CCCC3)cc2)n1. The molecule has 21 heavy (non-hydrogen) atoms. The van der Waals surface area contributed by atoms with E-state index in [2.05, 4.69) is 34.6 Å². The lowest BCUT2D eigenvalue weighted by molar-refractivity contribution is 0.0457. The quantitative estimate of drug-likeness (QED) is 0.883. The lowest BCUT2D eigenvalue weighted by Gasteiger charge is -2.11. The average Bonchev–Trinajstić information content (AvgIpc) is 3.17. The highest BCUT2D eigenvalue weighted by Gasteiger charge is 2.15. The van der Waals surface area contributed by atoms with Crippen molar-refractivity contribution < 1.29 is 4.74 Å². The molecule has 1 fully saturated rings. The van der Waals surface area contributed by atoms with Crippen LogP contribution in [-0.4, -0.2) is 17.6 Å². The first-order valence-electron chi connectivity index (χ1n) is 7.70. The van der Waals surface area contributed by atoms with Gasteiger partial charge in [0.2, 0.25) is 0 Å². The van der Waals surface area contributed by atoms with E-state index >= 15 is 0 Å². The third-order valence-electron chi connectivity index (χ3n) is 3.94. The van der Waals surface area contributed by atoms with Crippen LogP contribution in [0.1, 0.15) is 36.9 Å². The molecule has 0 aliphatic heterocycles. The van der Waals surface area contributed by atoms with Gasteiger partial charge in [0.15, 0.2) is 0 Å². The summed E-state index contributed by atoms with van der Waals surface area (Å²) in [5, 5.41) is 3.17. The second kappa shape index (κ2) is 7.16. The lowest BCUT2D eigenvalue weighted by atomic mass is 10.1. The zero-order valence-electron chi connectivity index (χ0n) is 12.3. The Morgan fingerprint density at radius 1 is 1.19 bits per heavy atom. The van der Waals surface area contributed by atoms with Gasteiger partial charge in [-0.15, -0.1) is 11.3 Å². The maximum absolute atomic E-state index is 5.94. The van der Waals surface area contributed by atoms with E-state index in [9.17, 15) is 0 Å². The number of aromatic nitrogens is 1. The monoisotopic (exact) mass is 302 g/mol. The van der Waals surface area contributed by atoms with Crippen LogP contribution in [0.5, 0.6) is 0 Å². The van der Waals surface area contributed by atoms with Gasteiger partial charge in [-0.25, -0.2) is 4.98 Å². The zero-order valence-corrected chi connectivity index (χ0v) is 13.1. The summed E-state index contributed by atoms with van der Waals surface area (Å²) in [6.45, 7) is 1.38. The van der Waals surface area contributed by atoms with E-state index < -0.39 is 0 Å². The van der Waals surface area contributed by atoms with E-state index in [0.29, 0.717) is 12.6 Å². The molecule has 0 atom stereocenters. The normalized spacial score (nSPS) is 15.7. The lowest BCUT2D eigenvalue weighted by Crippen LogP contribution is -2.06. The molecule has 1 saturated carbocycles. The third-order valence-corrected chi connectivity index (χ3v) is 4.88. The highest BCUT2D eigenvalue weighted by atomic mass is 32.1. The van der Waals surface area contributed by atoms with E-state index in [-0.39, 0.29) is 0 Å². The Bertz CT molecular complexity index is 558. The van der Waals surface area contributed by atoms with Gasteiger partial charge >= 0.3 is 0 Å². The highest BCUT2D eigenvalue weighted by Crippen LogP contribution is 2.25. The van der Waals surface area contributed by atoms with Crippen LogP contribution in [0.2, 0.25) is 0 Å². The fourth-order valence-corrected chi connectivity index (χ4v) is 3.58. The minimum atomic E-state index is 0.475. The summed E-state index contributed by atoms with van der Waals surface area (Å²) < 4.78 is 5.94. The van der Waals surface area contributed by atoms with Crippen LogP contribution in [-0.2, 0) is 17.8 Å². The van der Waals surface area contributed by atoms with Crippen molar-refractivity contribution in [2.45, 2.75) is 44.8 Å². The highest BCUT2D eigenvalue weighted by molar-refractivity contribution is 7.13. The van der Waals surface area contributed by atoms with E-state index in [0.717, 1.165) is 23.7 Å². The molecule has 0 spiro atoms. The van der Waals surface area contributed by atoms with Crippen molar-refractivity contribution in [2.75, 3.05) is 6.54 Å². The molecule has 0 saturated heterocycles. The molecule has 0 bridgehead atoms. The Morgan fingerprint density at radius 3 is 2.67 bits per heavy atom. The first-order valence-corrected chi connectivity index (χ1v) is 8.58. The third kappa shape index (κ3) is 3.90. The number of rotatable bonds is 6. The Balaban J connectivity index is 1.59. The molecule has 1 aromatic heterocycles. The fourth-order valence-electron chi connectivity index (χ4n) is 2.71. The van der Waals surface area contributed by atoms with Crippen molar-refractivity contribution in [3.8, 4) is 10.6 Å². The van der Waals surface area contributed by atoms with Gasteiger partial charge in [0.05, 0.1) is 18.4 Å². The molecule has 1 aromatic carbocycles. The summed E-state index contributed by atoms with van der Waals surface area (Å²) >= 11 is 1.68. The van der Waals surface area contributed by atoms with E-state index in [1.807, 2.05) is 0 Å². The number of thiazole rings is 1. The standard InChI is InChI=1S/C17H22N2OS/c18-10-9-15-12-21-17(19-15)14-7-5-13(6-8-14)11-20-16-3-1-2-4-16/h5-8,12,16H,1-4,9-11,18H2. The van der Waals surface area contributed by atoms with Crippen molar-refractivity contribution in [1.82, 2.24) is 4.98 Å². The van der Waals surface area contributed by atoms with Gasteiger partial charge < -0.3 is 10.5 Å². The predicted molar refractivity (Wildman–Crippen MR) is 87.4 cm³/mol. The molecule has 1 aliphatic carbocycles. The summed E-state index contributed by atoms with van der Waals surface area (Å²) in [7, 11) is 0.